The molecule has 0 amide bonds. The van der Waals surface area contributed by atoms with Gasteiger partial charge in [-0.25, -0.2) is 15.0 Å². The molecule has 0 bridgehead atoms. The number of hydrogen-bond donors (Lipinski definition) is 4. The first-order valence-electron chi connectivity index (χ1n) is 6.69. The topological polar surface area (TPSA) is 146 Å². The summed E-state index contributed by atoms with van der Waals surface area (Å²) in [5, 5.41) is 27.1. The quantitative estimate of drug-likeness (QED) is 0.453. The van der Waals surface area contributed by atoms with Crippen LogP contribution < -0.4 is 10.6 Å². The maximum absolute atomic E-state index is 11.5. The van der Waals surface area contributed by atoms with E-state index >= 15 is 0 Å². The first kappa shape index (κ1) is 15.6. The highest BCUT2D eigenvalue weighted by Gasteiger charge is 2.49. The van der Waals surface area contributed by atoms with Crippen molar-refractivity contribution in [3.8, 4) is 0 Å². The number of carboxylic acid groups (broad SMARTS) is 1. The molecule has 10 heteroatoms. The maximum Gasteiger partial charge on any atom is 0.451 e. The van der Waals surface area contributed by atoms with Gasteiger partial charge >= 0.3 is 13.1 Å². The van der Waals surface area contributed by atoms with Crippen LogP contribution >= 0.6 is 0 Å². The number of aromatic nitrogens is 3. The first-order valence-corrected chi connectivity index (χ1v) is 6.69. The van der Waals surface area contributed by atoms with Crippen molar-refractivity contribution in [2.75, 3.05) is 18.0 Å². The molecule has 0 aromatic carbocycles. The highest BCUT2D eigenvalue weighted by atomic mass is 16.4. The first-order chi connectivity index (χ1) is 9.93. The molecule has 0 radical (unpaired) electrons. The van der Waals surface area contributed by atoms with Gasteiger partial charge in [-0.1, -0.05) is 6.42 Å². The Morgan fingerprint density at radius 3 is 2.71 bits per heavy atom. The van der Waals surface area contributed by atoms with E-state index in [1.54, 1.807) is 4.90 Å². The molecule has 1 saturated heterocycles. The van der Waals surface area contributed by atoms with Gasteiger partial charge in [-0.15, -0.1) is 0 Å². The summed E-state index contributed by atoms with van der Waals surface area (Å²) in [6.07, 6.45) is 3.85. The summed E-state index contributed by atoms with van der Waals surface area (Å²) in [5.41, 5.74) is 4.66. The zero-order chi connectivity index (χ0) is 15.5. The molecule has 2 atom stereocenters. The molecule has 2 unspecified atom stereocenters. The molecular weight excluding hydrogens is 277 g/mol. The summed E-state index contributed by atoms with van der Waals surface area (Å²) in [5.74, 6) is -0.995. The number of carbonyl (C=O) groups is 1. The molecule has 0 aliphatic carbocycles. The van der Waals surface area contributed by atoms with Gasteiger partial charge in [0.05, 0.1) is 0 Å². The molecule has 2 heterocycles. The molecule has 114 valence electrons. The van der Waals surface area contributed by atoms with E-state index < -0.39 is 18.6 Å². The van der Waals surface area contributed by atoms with Crippen molar-refractivity contribution in [2.45, 2.75) is 24.7 Å². The third kappa shape index (κ3) is 3.46. The lowest BCUT2D eigenvalue weighted by Crippen LogP contribution is -2.54. The molecule has 1 aliphatic rings. The van der Waals surface area contributed by atoms with Crippen molar-refractivity contribution in [3.05, 3.63) is 12.7 Å². The zero-order valence-corrected chi connectivity index (χ0v) is 11.5. The second-order valence-electron chi connectivity index (χ2n) is 5.27. The van der Waals surface area contributed by atoms with Crippen molar-refractivity contribution < 1.29 is 19.9 Å². The minimum absolute atomic E-state index is 0.110. The van der Waals surface area contributed by atoms with E-state index in [1.807, 2.05) is 0 Å². The molecule has 0 spiro atoms. The summed E-state index contributed by atoms with van der Waals surface area (Å²) >= 11 is 0. The van der Waals surface area contributed by atoms with Gasteiger partial charge in [-0.3, -0.25) is 4.79 Å². The van der Waals surface area contributed by atoms with Crippen LogP contribution in [0, 0.1) is 5.92 Å². The van der Waals surface area contributed by atoms with Crippen LogP contribution in [0.1, 0.15) is 12.8 Å². The molecule has 1 aliphatic heterocycles. The number of carboxylic acids is 1. The van der Waals surface area contributed by atoms with Crippen molar-refractivity contribution in [1.82, 2.24) is 15.0 Å². The number of rotatable bonds is 6. The number of nitrogens with zero attached hydrogens (tertiary/aromatic N) is 4. The van der Waals surface area contributed by atoms with Crippen LogP contribution in [0.2, 0.25) is 6.32 Å². The van der Waals surface area contributed by atoms with E-state index in [0.717, 1.165) is 0 Å². The SMILES string of the molecule is NC1(C(=O)O)CN(c2ncncn2)CC1CCCB(O)O. The fraction of sp³-hybridized carbons (Fsp3) is 0.636. The third-order valence-electron chi connectivity index (χ3n) is 3.80. The maximum atomic E-state index is 11.5. The van der Waals surface area contributed by atoms with Crippen LogP contribution in [0.4, 0.5) is 5.95 Å². The molecule has 1 aromatic heterocycles. The van der Waals surface area contributed by atoms with Gasteiger partial charge in [0.15, 0.2) is 0 Å². The molecule has 9 nitrogen and oxygen atoms in total. The summed E-state index contributed by atoms with van der Waals surface area (Å²) in [6, 6.07) is 0. The standard InChI is InChI=1S/C11H18BN5O4/c13-11(9(18)19)5-17(10-15-6-14-7-16-10)4-8(11)2-1-3-12(20)21/h6-8,20-21H,1-5,13H2,(H,18,19). The number of hydrogen-bond acceptors (Lipinski definition) is 8. The summed E-state index contributed by atoms with van der Waals surface area (Å²) in [6.45, 7) is 0.521. The molecule has 21 heavy (non-hydrogen) atoms. The highest BCUT2D eigenvalue weighted by molar-refractivity contribution is 6.40. The fourth-order valence-corrected chi connectivity index (χ4v) is 2.63. The van der Waals surface area contributed by atoms with Crippen LogP contribution in [-0.4, -0.2) is 61.8 Å². The average Bonchev–Trinajstić information content (AvgIpc) is 2.78. The second-order valence-corrected chi connectivity index (χ2v) is 5.27. The Morgan fingerprint density at radius 1 is 1.48 bits per heavy atom. The van der Waals surface area contributed by atoms with E-state index in [2.05, 4.69) is 15.0 Å². The van der Waals surface area contributed by atoms with Crippen LogP contribution in [0.15, 0.2) is 12.7 Å². The van der Waals surface area contributed by atoms with Crippen LogP contribution in [0.25, 0.3) is 0 Å². The van der Waals surface area contributed by atoms with Gasteiger partial charge in [-0.2, -0.15) is 0 Å². The Hall–Kier alpha value is -1.78. The van der Waals surface area contributed by atoms with E-state index in [-0.39, 0.29) is 18.8 Å². The molecule has 1 aromatic rings. The van der Waals surface area contributed by atoms with E-state index in [4.69, 9.17) is 15.8 Å². The molecule has 1 fully saturated rings. The Labute approximate surface area is 122 Å². The van der Waals surface area contributed by atoms with E-state index in [0.29, 0.717) is 25.3 Å². The Balaban J connectivity index is 2.09. The smallest absolute Gasteiger partial charge is 0.451 e. The predicted octanol–water partition coefficient (Wildman–Crippen LogP) is -1.66. The zero-order valence-electron chi connectivity index (χ0n) is 11.5. The van der Waals surface area contributed by atoms with Crippen LogP contribution in [0.5, 0.6) is 0 Å². The summed E-state index contributed by atoms with van der Waals surface area (Å²) in [7, 11) is -1.39. The summed E-state index contributed by atoms with van der Waals surface area (Å²) < 4.78 is 0. The third-order valence-corrected chi connectivity index (χ3v) is 3.80. The molecule has 2 rings (SSSR count). The van der Waals surface area contributed by atoms with Gasteiger partial charge in [0.25, 0.3) is 0 Å². The number of nitrogens with two attached hydrogens (primary N) is 1. The van der Waals surface area contributed by atoms with E-state index in [1.165, 1.54) is 12.7 Å². The largest absolute Gasteiger partial charge is 0.480 e. The number of aliphatic carboxylic acids is 1. The molecular formula is C11H18BN5O4. The van der Waals surface area contributed by atoms with Crippen molar-refractivity contribution in [2.24, 2.45) is 11.7 Å². The Kier molecular flexibility index (Phi) is 4.71. The van der Waals surface area contributed by atoms with Crippen LogP contribution in [0.3, 0.4) is 0 Å². The van der Waals surface area contributed by atoms with Gasteiger partial charge in [0.1, 0.15) is 18.2 Å². The molecule has 0 saturated carbocycles. The summed E-state index contributed by atoms with van der Waals surface area (Å²) in [4.78, 5) is 25.0. The lowest BCUT2D eigenvalue weighted by atomic mass is 9.78. The van der Waals surface area contributed by atoms with Gasteiger partial charge in [0.2, 0.25) is 5.95 Å². The second kappa shape index (κ2) is 6.33. The van der Waals surface area contributed by atoms with Crippen LogP contribution in [-0.2, 0) is 4.79 Å². The van der Waals surface area contributed by atoms with Gasteiger partial charge < -0.3 is 25.8 Å². The number of anilines is 1. The minimum atomic E-state index is -1.40. The van der Waals surface area contributed by atoms with Gasteiger partial charge in [0, 0.05) is 19.0 Å². The minimum Gasteiger partial charge on any atom is -0.480 e. The Morgan fingerprint density at radius 2 is 2.14 bits per heavy atom. The lowest BCUT2D eigenvalue weighted by molar-refractivity contribution is -0.144. The average molecular weight is 295 g/mol. The monoisotopic (exact) mass is 295 g/mol. The van der Waals surface area contributed by atoms with Crippen molar-refractivity contribution in [3.63, 3.8) is 0 Å². The Bertz CT molecular complexity index is 491. The molecule has 5 N–H and O–H groups in total. The highest BCUT2D eigenvalue weighted by Crippen LogP contribution is 2.32. The van der Waals surface area contributed by atoms with Gasteiger partial charge in [-0.05, 0) is 12.7 Å². The van der Waals surface area contributed by atoms with Crippen molar-refractivity contribution >= 4 is 19.0 Å². The van der Waals surface area contributed by atoms with Crippen molar-refractivity contribution in [1.29, 1.82) is 0 Å². The predicted molar refractivity (Wildman–Crippen MR) is 74.3 cm³/mol. The fourth-order valence-electron chi connectivity index (χ4n) is 2.63. The normalized spacial score (nSPS) is 25.1. The lowest BCUT2D eigenvalue weighted by Gasteiger charge is -2.25. The van der Waals surface area contributed by atoms with E-state index in [9.17, 15) is 9.90 Å².